The molecule has 3 atom stereocenters. The van der Waals surface area contributed by atoms with Crippen LogP contribution >= 0.6 is 0 Å². The molecule has 0 fully saturated rings. The first-order valence-corrected chi connectivity index (χ1v) is 15.3. The number of hydrogen-bond acceptors (Lipinski definition) is 4. The summed E-state index contributed by atoms with van der Waals surface area (Å²) in [6.45, 7) is 1.15. The van der Waals surface area contributed by atoms with Crippen molar-refractivity contribution in [1.82, 2.24) is 0 Å². The predicted molar refractivity (Wildman–Crippen MR) is 152 cm³/mol. The van der Waals surface area contributed by atoms with Crippen LogP contribution < -0.4 is 0 Å². The summed E-state index contributed by atoms with van der Waals surface area (Å²) < 4.78 is 19.1. The molecule has 0 aliphatic heterocycles. The van der Waals surface area contributed by atoms with E-state index in [9.17, 15) is 4.79 Å². The molecule has 5 heteroatoms. The molecule has 4 aromatic rings. The molecular weight excluding hydrogens is 539 g/mol. The molecular formula is C33H34O4Se. The molecule has 0 bridgehead atoms. The van der Waals surface area contributed by atoms with E-state index in [1.165, 1.54) is 5.56 Å². The Balaban J connectivity index is 1.52. The van der Waals surface area contributed by atoms with E-state index in [0.29, 0.717) is 19.8 Å². The zero-order chi connectivity index (χ0) is 26.3. The molecule has 0 saturated heterocycles. The van der Waals surface area contributed by atoms with Crippen molar-refractivity contribution in [3.63, 3.8) is 0 Å². The number of carbonyl (C=O) groups is 1. The third-order valence-corrected chi connectivity index (χ3v) is 8.41. The predicted octanol–water partition coefficient (Wildman–Crippen LogP) is 6.26. The molecule has 4 rings (SSSR count). The standard InChI is InChI=1S/C33H34O4Se/c34-21-31(35-22-27-13-5-1-6-14-27)33(37-24-29-17-9-3-10-18-29)32(36-23-28-15-7-2-8-16-28)26-38-25-30-19-11-4-12-20-30/h1-21,31-33H,22-26H2/t31-,32+,33-/m0/s1. The van der Waals surface area contributed by atoms with Gasteiger partial charge >= 0.3 is 233 Å². The van der Waals surface area contributed by atoms with Crippen LogP contribution in [-0.4, -0.2) is 39.6 Å². The van der Waals surface area contributed by atoms with Crippen molar-refractivity contribution in [1.29, 1.82) is 0 Å². The zero-order valence-electron chi connectivity index (χ0n) is 21.4. The maximum atomic E-state index is 12.4. The fourth-order valence-electron chi connectivity index (χ4n) is 4.04. The topological polar surface area (TPSA) is 44.8 Å². The van der Waals surface area contributed by atoms with Crippen LogP contribution in [0.4, 0.5) is 0 Å². The Morgan fingerprint density at radius 3 is 1.45 bits per heavy atom. The van der Waals surface area contributed by atoms with Crippen LogP contribution in [0.5, 0.6) is 0 Å². The van der Waals surface area contributed by atoms with E-state index >= 15 is 0 Å². The molecule has 196 valence electrons. The first-order valence-electron chi connectivity index (χ1n) is 12.9. The van der Waals surface area contributed by atoms with Crippen molar-refractivity contribution in [2.75, 3.05) is 0 Å². The summed E-state index contributed by atoms with van der Waals surface area (Å²) in [5.74, 6) is 0. The average molecular weight is 574 g/mol. The number of benzene rings is 4. The van der Waals surface area contributed by atoms with Gasteiger partial charge < -0.3 is 0 Å². The SMILES string of the molecule is O=C[C@H](OCc1ccccc1)[C@H](OCc1ccccc1)[C@@H](C[Se]Cc1ccccc1)OCc1ccccc1. The molecule has 38 heavy (non-hydrogen) atoms. The fourth-order valence-corrected chi connectivity index (χ4v) is 6.27. The van der Waals surface area contributed by atoms with Crippen molar-refractivity contribution in [2.24, 2.45) is 0 Å². The Hall–Kier alpha value is -3.05. The minimum atomic E-state index is -0.757. The summed E-state index contributed by atoms with van der Waals surface area (Å²) >= 11 is 0.254. The van der Waals surface area contributed by atoms with Crippen LogP contribution in [0.2, 0.25) is 5.32 Å². The van der Waals surface area contributed by atoms with Gasteiger partial charge in [-0.05, 0) is 0 Å². The average Bonchev–Trinajstić information content (AvgIpc) is 2.99. The van der Waals surface area contributed by atoms with E-state index in [-0.39, 0.29) is 21.1 Å². The van der Waals surface area contributed by atoms with Crippen LogP contribution in [0.15, 0.2) is 121 Å². The van der Waals surface area contributed by atoms with Crippen LogP contribution in [0.25, 0.3) is 0 Å². The molecule has 0 aromatic heterocycles. The molecule has 0 aliphatic rings. The van der Waals surface area contributed by atoms with Crippen LogP contribution in [-0.2, 0) is 44.1 Å². The second kappa shape index (κ2) is 16.0. The Labute approximate surface area is 232 Å². The molecule has 0 saturated carbocycles. The van der Waals surface area contributed by atoms with Gasteiger partial charge in [0, 0.05) is 0 Å². The minimum absolute atomic E-state index is 0.254. The van der Waals surface area contributed by atoms with E-state index in [2.05, 4.69) is 36.4 Å². The Bertz CT molecular complexity index is 1170. The van der Waals surface area contributed by atoms with Crippen molar-refractivity contribution < 1.29 is 19.0 Å². The van der Waals surface area contributed by atoms with Gasteiger partial charge in [0.15, 0.2) is 0 Å². The van der Waals surface area contributed by atoms with Gasteiger partial charge in [0.05, 0.1) is 0 Å². The second-order valence-corrected chi connectivity index (χ2v) is 11.2. The van der Waals surface area contributed by atoms with Gasteiger partial charge in [0.25, 0.3) is 0 Å². The van der Waals surface area contributed by atoms with Crippen molar-refractivity contribution >= 4 is 21.2 Å². The summed E-state index contributed by atoms with van der Waals surface area (Å²) in [6.07, 6.45) is -0.736. The number of aldehydes is 1. The summed E-state index contributed by atoms with van der Waals surface area (Å²) in [6, 6.07) is 40.5. The third-order valence-electron chi connectivity index (χ3n) is 6.10. The molecule has 4 nitrogen and oxygen atoms in total. The molecule has 0 N–H and O–H groups in total. The maximum absolute atomic E-state index is 12.4. The fraction of sp³-hybridized carbons (Fsp3) is 0.242. The Morgan fingerprint density at radius 1 is 0.553 bits per heavy atom. The summed E-state index contributed by atoms with van der Waals surface area (Å²) in [5.41, 5.74) is 4.45. The van der Waals surface area contributed by atoms with Crippen LogP contribution in [0.1, 0.15) is 22.3 Å². The van der Waals surface area contributed by atoms with Crippen molar-refractivity contribution in [3.05, 3.63) is 144 Å². The summed E-state index contributed by atoms with van der Waals surface area (Å²) in [7, 11) is 0. The van der Waals surface area contributed by atoms with E-state index in [0.717, 1.165) is 33.6 Å². The van der Waals surface area contributed by atoms with E-state index < -0.39 is 12.2 Å². The molecule has 0 unspecified atom stereocenters. The molecule has 0 heterocycles. The Kier molecular flexibility index (Phi) is 11.8. The number of hydrogen-bond donors (Lipinski definition) is 0. The van der Waals surface area contributed by atoms with Gasteiger partial charge in [-0.15, -0.1) is 0 Å². The molecule has 4 aromatic carbocycles. The number of ether oxygens (including phenoxy) is 3. The summed E-state index contributed by atoms with van der Waals surface area (Å²) in [5, 5.41) is 1.79. The van der Waals surface area contributed by atoms with Crippen molar-refractivity contribution in [2.45, 2.75) is 48.8 Å². The van der Waals surface area contributed by atoms with Gasteiger partial charge in [-0.25, -0.2) is 0 Å². The zero-order valence-corrected chi connectivity index (χ0v) is 23.1. The van der Waals surface area contributed by atoms with Crippen LogP contribution in [0, 0.1) is 0 Å². The van der Waals surface area contributed by atoms with Gasteiger partial charge in [-0.2, -0.15) is 0 Å². The Morgan fingerprint density at radius 2 is 0.974 bits per heavy atom. The molecule has 0 radical (unpaired) electrons. The normalized spacial score (nSPS) is 13.5. The number of carbonyl (C=O) groups excluding carboxylic acids is 1. The number of rotatable bonds is 16. The first kappa shape index (κ1) is 28.0. The molecule has 0 spiro atoms. The van der Waals surface area contributed by atoms with E-state index in [4.69, 9.17) is 14.2 Å². The first-order chi connectivity index (χ1) is 18.8. The van der Waals surface area contributed by atoms with Crippen LogP contribution in [0.3, 0.4) is 0 Å². The third kappa shape index (κ3) is 9.36. The van der Waals surface area contributed by atoms with Gasteiger partial charge in [0.1, 0.15) is 0 Å². The van der Waals surface area contributed by atoms with E-state index in [1.807, 2.05) is 84.9 Å². The van der Waals surface area contributed by atoms with E-state index in [1.54, 1.807) is 0 Å². The second-order valence-electron chi connectivity index (χ2n) is 8.99. The van der Waals surface area contributed by atoms with Gasteiger partial charge in [-0.3, -0.25) is 0 Å². The quantitative estimate of drug-likeness (QED) is 0.117. The van der Waals surface area contributed by atoms with Gasteiger partial charge in [0.2, 0.25) is 0 Å². The monoisotopic (exact) mass is 574 g/mol. The summed E-state index contributed by atoms with van der Waals surface area (Å²) in [4.78, 5) is 12.4. The molecule has 0 aliphatic carbocycles. The van der Waals surface area contributed by atoms with Crippen molar-refractivity contribution in [3.8, 4) is 0 Å². The van der Waals surface area contributed by atoms with Gasteiger partial charge in [-0.1, -0.05) is 0 Å². The molecule has 0 amide bonds.